The molecule has 0 aliphatic heterocycles. The fraction of sp³-hybridized carbons (Fsp3) is 0.118. The average Bonchev–Trinajstić information content (AvgIpc) is 2.48. The van der Waals surface area contributed by atoms with E-state index in [2.05, 4.69) is 11.1 Å². The summed E-state index contributed by atoms with van der Waals surface area (Å²) in [5, 5.41) is 1.13. The fourth-order valence-corrected chi connectivity index (χ4v) is 2.11. The highest BCUT2D eigenvalue weighted by atomic mass is 16.5. The van der Waals surface area contributed by atoms with E-state index in [1.54, 1.807) is 0 Å². The van der Waals surface area contributed by atoms with Crippen molar-refractivity contribution >= 4 is 16.6 Å². The summed E-state index contributed by atoms with van der Waals surface area (Å²) < 4.78 is 5.77. The van der Waals surface area contributed by atoms with Crippen LogP contribution >= 0.6 is 0 Å². The molecule has 3 nitrogen and oxygen atoms in total. The Labute approximate surface area is 118 Å². The molecular weight excluding hydrogens is 248 g/mol. The fourth-order valence-electron chi connectivity index (χ4n) is 2.11. The molecule has 2 aromatic carbocycles. The number of nitrogens with two attached hydrogens (primary N) is 1. The molecule has 1 aromatic heterocycles. The lowest BCUT2D eigenvalue weighted by Crippen LogP contribution is -2.01. The Morgan fingerprint density at radius 1 is 1.05 bits per heavy atom. The minimum Gasteiger partial charge on any atom is -0.485 e. The maximum absolute atomic E-state index is 5.90. The number of pyridine rings is 1. The molecule has 0 atom stereocenters. The van der Waals surface area contributed by atoms with Crippen LogP contribution in [0.25, 0.3) is 10.9 Å². The number of aryl methyl sites for hydroxylation is 1. The van der Waals surface area contributed by atoms with Gasteiger partial charge in [-0.3, -0.25) is 0 Å². The second-order valence-corrected chi connectivity index (χ2v) is 4.83. The lowest BCUT2D eigenvalue weighted by Gasteiger charge is -2.09. The van der Waals surface area contributed by atoms with Crippen LogP contribution in [0.3, 0.4) is 0 Å². The molecule has 3 aromatic rings. The normalized spacial score (nSPS) is 10.7. The van der Waals surface area contributed by atoms with Crippen molar-refractivity contribution in [2.45, 2.75) is 13.5 Å². The van der Waals surface area contributed by atoms with E-state index in [1.165, 1.54) is 0 Å². The van der Waals surface area contributed by atoms with E-state index in [9.17, 15) is 0 Å². The van der Waals surface area contributed by atoms with Crippen LogP contribution in [-0.2, 0) is 6.61 Å². The van der Waals surface area contributed by atoms with Gasteiger partial charge in [0.25, 0.3) is 0 Å². The molecule has 0 radical (unpaired) electrons. The van der Waals surface area contributed by atoms with E-state index in [-0.39, 0.29) is 0 Å². The minimum absolute atomic E-state index is 0.415. The van der Waals surface area contributed by atoms with Gasteiger partial charge in [-0.25, -0.2) is 4.98 Å². The Morgan fingerprint density at radius 3 is 2.80 bits per heavy atom. The van der Waals surface area contributed by atoms with Gasteiger partial charge in [0.1, 0.15) is 12.4 Å². The smallest absolute Gasteiger partial charge is 0.143 e. The van der Waals surface area contributed by atoms with Gasteiger partial charge in [-0.15, -0.1) is 0 Å². The lowest BCUT2D eigenvalue weighted by atomic mass is 10.2. The highest BCUT2D eigenvalue weighted by molar-refractivity contribution is 5.78. The monoisotopic (exact) mass is 264 g/mol. The molecule has 3 rings (SSSR count). The van der Waals surface area contributed by atoms with Gasteiger partial charge >= 0.3 is 0 Å². The van der Waals surface area contributed by atoms with Crippen molar-refractivity contribution in [1.82, 2.24) is 4.98 Å². The molecule has 100 valence electrons. The van der Waals surface area contributed by atoms with Crippen molar-refractivity contribution in [3.63, 3.8) is 0 Å². The summed E-state index contributed by atoms with van der Waals surface area (Å²) in [5.41, 5.74) is 9.54. The van der Waals surface area contributed by atoms with Crippen LogP contribution < -0.4 is 10.5 Å². The lowest BCUT2D eigenvalue weighted by molar-refractivity contribution is 0.303. The van der Waals surface area contributed by atoms with Gasteiger partial charge in [0.2, 0.25) is 0 Å². The molecule has 0 spiro atoms. The van der Waals surface area contributed by atoms with E-state index in [4.69, 9.17) is 10.5 Å². The summed E-state index contributed by atoms with van der Waals surface area (Å²) in [6.45, 7) is 2.43. The van der Waals surface area contributed by atoms with Crippen molar-refractivity contribution in [1.29, 1.82) is 0 Å². The molecular formula is C17H16N2O. The maximum atomic E-state index is 5.90. The number of hydrogen-bond donors (Lipinski definition) is 1. The van der Waals surface area contributed by atoms with Crippen LogP contribution in [0.1, 0.15) is 11.3 Å². The van der Waals surface area contributed by atoms with Crippen LogP contribution in [0.15, 0.2) is 54.6 Å². The van der Waals surface area contributed by atoms with Gasteiger partial charge in [-0.05, 0) is 36.8 Å². The largest absolute Gasteiger partial charge is 0.485 e. The Balaban J connectivity index is 1.81. The van der Waals surface area contributed by atoms with Gasteiger partial charge in [0, 0.05) is 5.39 Å². The van der Waals surface area contributed by atoms with Crippen LogP contribution in [0.4, 0.5) is 5.69 Å². The number of nitrogens with zero attached hydrogens (tertiary/aromatic N) is 1. The molecule has 3 heteroatoms. The molecule has 2 N–H and O–H groups in total. The topological polar surface area (TPSA) is 48.1 Å². The second-order valence-electron chi connectivity index (χ2n) is 4.83. The number of rotatable bonds is 3. The zero-order valence-corrected chi connectivity index (χ0v) is 11.3. The van der Waals surface area contributed by atoms with E-state index in [0.29, 0.717) is 18.0 Å². The first-order valence-electron chi connectivity index (χ1n) is 6.56. The molecule has 0 unspecified atom stereocenters. The first kappa shape index (κ1) is 12.5. The zero-order chi connectivity index (χ0) is 13.9. The molecule has 0 bridgehead atoms. The standard InChI is InChI=1S/C17H16N2O/c1-12-6-9-15(18)17(10-12)20-11-14-8-7-13-4-2-3-5-16(13)19-14/h2-10H,11,18H2,1H3. The van der Waals surface area contributed by atoms with E-state index >= 15 is 0 Å². The molecule has 0 aliphatic carbocycles. The van der Waals surface area contributed by atoms with Crippen molar-refractivity contribution in [2.24, 2.45) is 0 Å². The number of ether oxygens (including phenoxy) is 1. The van der Waals surface area contributed by atoms with E-state index in [1.807, 2.05) is 55.5 Å². The Bertz CT molecular complexity index is 753. The zero-order valence-electron chi connectivity index (χ0n) is 11.3. The molecule has 0 aliphatic rings. The first-order chi connectivity index (χ1) is 9.72. The van der Waals surface area contributed by atoms with Crippen LogP contribution in [0, 0.1) is 6.92 Å². The highest BCUT2D eigenvalue weighted by Gasteiger charge is 2.03. The number of benzene rings is 2. The van der Waals surface area contributed by atoms with Gasteiger partial charge in [0.05, 0.1) is 16.9 Å². The van der Waals surface area contributed by atoms with Gasteiger partial charge in [-0.2, -0.15) is 0 Å². The number of hydrogen-bond acceptors (Lipinski definition) is 3. The SMILES string of the molecule is Cc1ccc(N)c(OCc2ccc3ccccc3n2)c1. The van der Waals surface area contributed by atoms with Crippen molar-refractivity contribution in [3.8, 4) is 5.75 Å². The molecule has 20 heavy (non-hydrogen) atoms. The van der Waals surface area contributed by atoms with Gasteiger partial charge in [-0.1, -0.05) is 30.3 Å². The minimum atomic E-state index is 0.415. The predicted molar refractivity (Wildman–Crippen MR) is 81.7 cm³/mol. The van der Waals surface area contributed by atoms with E-state index < -0.39 is 0 Å². The van der Waals surface area contributed by atoms with Crippen LogP contribution in [0.5, 0.6) is 5.75 Å². The number of nitrogen functional groups attached to an aromatic ring is 1. The third-order valence-electron chi connectivity index (χ3n) is 3.20. The number of anilines is 1. The maximum Gasteiger partial charge on any atom is 0.143 e. The number of para-hydroxylation sites is 1. The summed E-state index contributed by atoms with van der Waals surface area (Å²) in [7, 11) is 0. The predicted octanol–water partition coefficient (Wildman–Crippen LogP) is 3.70. The Morgan fingerprint density at radius 2 is 1.90 bits per heavy atom. The van der Waals surface area contributed by atoms with Crippen molar-refractivity contribution < 1.29 is 4.74 Å². The Kier molecular flexibility index (Phi) is 3.25. The van der Waals surface area contributed by atoms with Crippen LogP contribution in [0.2, 0.25) is 0 Å². The third-order valence-corrected chi connectivity index (χ3v) is 3.20. The van der Waals surface area contributed by atoms with Crippen molar-refractivity contribution in [3.05, 3.63) is 65.9 Å². The first-order valence-corrected chi connectivity index (χ1v) is 6.56. The molecule has 0 saturated heterocycles. The summed E-state index contributed by atoms with van der Waals surface area (Å²) in [6, 6.07) is 17.8. The summed E-state index contributed by atoms with van der Waals surface area (Å²) in [5.74, 6) is 0.708. The molecule has 0 saturated carbocycles. The second kappa shape index (κ2) is 5.21. The van der Waals surface area contributed by atoms with E-state index in [0.717, 1.165) is 22.2 Å². The van der Waals surface area contributed by atoms with Gasteiger partial charge in [0.15, 0.2) is 0 Å². The summed E-state index contributed by atoms with van der Waals surface area (Å²) in [6.07, 6.45) is 0. The number of fused-ring (bicyclic) bond motifs is 1. The molecule has 0 fully saturated rings. The van der Waals surface area contributed by atoms with Gasteiger partial charge < -0.3 is 10.5 Å². The third kappa shape index (κ3) is 2.57. The average molecular weight is 264 g/mol. The molecule has 0 amide bonds. The van der Waals surface area contributed by atoms with Crippen LogP contribution in [-0.4, -0.2) is 4.98 Å². The molecule has 1 heterocycles. The summed E-state index contributed by atoms with van der Waals surface area (Å²) in [4.78, 5) is 4.58. The Hall–Kier alpha value is -2.55. The number of aromatic nitrogens is 1. The summed E-state index contributed by atoms with van der Waals surface area (Å²) >= 11 is 0. The quantitative estimate of drug-likeness (QED) is 0.734. The van der Waals surface area contributed by atoms with Crippen molar-refractivity contribution in [2.75, 3.05) is 5.73 Å². The highest BCUT2D eigenvalue weighted by Crippen LogP contribution is 2.23.